The molecular formula is C17H20N2O2. The molecule has 2 aromatic rings. The third kappa shape index (κ3) is 4.24. The van der Waals surface area contributed by atoms with Crippen LogP contribution in [0.2, 0.25) is 0 Å². The largest absolute Gasteiger partial charge is 0.478 e. The molecule has 0 bridgehead atoms. The second-order valence-electron chi connectivity index (χ2n) is 4.89. The summed E-state index contributed by atoms with van der Waals surface area (Å²) in [5.41, 5.74) is 2.17. The number of benzene rings is 2. The lowest BCUT2D eigenvalue weighted by Crippen LogP contribution is -2.21. The summed E-state index contributed by atoms with van der Waals surface area (Å²) in [5, 5.41) is 12.3. The van der Waals surface area contributed by atoms with Crippen molar-refractivity contribution in [3.05, 3.63) is 60.2 Å². The van der Waals surface area contributed by atoms with Crippen molar-refractivity contribution in [2.45, 2.75) is 6.42 Å². The fraction of sp³-hybridized carbons (Fsp3) is 0.235. The molecule has 0 spiro atoms. The van der Waals surface area contributed by atoms with Crippen LogP contribution in [0.1, 0.15) is 16.8 Å². The van der Waals surface area contributed by atoms with Crippen molar-refractivity contribution in [1.82, 2.24) is 0 Å². The van der Waals surface area contributed by atoms with Gasteiger partial charge in [-0.2, -0.15) is 0 Å². The number of para-hydroxylation sites is 2. The van der Waals surface area contributed by atoms with E-state index in [1.54, 1.807) is 18.2 Å². The predicted octanol–water partition coefficient (Wildman–Crippen LogP) is 3.32. The number of hydrogen-bond donors (Lipinski definition) is 2. The van der Waals surface area contributed by atoms with Gasteiger partial charge in [-0.1, -0.05) is 30.3 Å². The van der Waals surface area contributed by atoms with Gasteiger partial charge < -0.3 is 15.3 Å². The average Bonchev–Trinajstić information content (AvgIpc) is 2.52. The van der Waals surface area contributed by atoms with Crippen LogP contribution in [0.4, 0.5) is 11.4 Å². The smallest absolute Gasteiger partial charge is 0.337 e. The Labute approximate surface area is 125 Å². The Bertz CT molecular complexity index is 584. The standard InChI is InChI=1S/C17H20N2O2/c1-19(14-8-3-2-4-9-14)13-7-12-18-16-11-6-5-10-15(16)17(20)21/h2-6,8-11,18H,7,12-13H2,1H3,(H,20,21). The summed E-state index contributed by atoms with van der Waals surface area (Å²) in [4.78, 5) is 13.3. The van der Waals surface area contributed by atoms with Crippen LogP contribution in [0.3, 0.4) is 0 Å². The van der Waals surface area contributed by atoms with Crippen molar-refractivity contribution >= 4 is 17.3 Å². The molecule has 0 unspecified atom stereocenters. The van der Waals surface area contributed by atoms with Crippen molar-refractivity contribution in [1.29, 1.82) is 0 Å². The topological polar surface area (TPSA) is 52.6 Å². The van der Waals surface area contributed by atoms with Crippen LogP contribution in [0.25, 0.3) is 0 Å². The Kier molecular flexibility index (Phi) is 5.21. The molecule has 0 aliphatic carbocycles. The summed E-state index contributed by atoms with van der Waals surface area (Å²) >= 11 is 0. The van der Waals surface area contributed by atoms with Crippen LogP contribution < -0.4 is 10.2 Å². The normalized spacial score (nSPS) is 10.1. The second kappa shape index (κ2) is 7.33. The van der Waals surface area contributed by atoms with Gasteiger partial charge in [-0.15, -0.1) is 0 Å². The van der Waals surface area contributed by atoms with E-state index in [0.29, 0.717) is 11.3 Å². The quantitative estimate of drug-likeness (QED) is 0.766. The number of rotatable bonds is 7. The van der Waals surface area contributed by atoms with E-state index in [9.17, 15) is 4.79 Å². The van der Waals surface area contributed by atoms with Crippen molar-refractivity contribution in [2.24, 2.45) is 0 Å². The number of carbonyl (C=O) groups is 1. The summed E-state index contributed by atoms with van der Waals surface area (Å²) < 4.78 is 0. The first-order valence-electron chi connectivity index (χ1n) is 7.01. The summed E-state index contributed by atoms with van der Waals surface area (Å²) in [5.74, 6) is -0.903. The van der Waals surface area contributed by atoms with Crippen LogP contribution in [-0.2, 0) is 0 Å². The van der Waals surface area contributed by atoms with E-state index >= 15 is 0 Å². The van der Waals surface area contributed by atoms with E-state index < -0.39 is 5.97 Å². The van der Waals surface area contributed by atoms with Gasteiger partial charge in [0, 0.05) is 31.5 Å². The van der Waals surface area contributed by atoms with Gasteiger partial charge >= 0.3 is 5.97 Å². The van der Waals surface area contributed by atoms with Gasteiger partial charge in [0.05, 0.1) is 5.56 Å². The predicted molar refractivity (Wildman–Crippen MR) is 86.2 cm³/mol. The fourth-order valence-corrected chi connectivity index (χ4v) is 2.17. The number of nitrogens with one attached hydrogen (secondary N) is 1. The molecule has 4 nitrogen and oxygen atoms in total. The maximum Gasteiger partial charge on any atom is 0.337 e. The highest BCUT2D eigenvalue weighted by atomic mass is 16.4. The van der Waals surface area contributed by atoms with Gasteiger partial charge in [0.1, 0.15) is 0 Å². The monoisotopic (exact) mass is 284 g/mol. The lowest BCUT2D eigenvalue weighted by atomic mass is 10.2. The lowest BCUT2D eigenvalue weighted by molar-refractivity contribution is 0.0698. The molecule has 2 aromatic carbocycles. The molecule has 110 valence electrons. The van der Waals surface area contributed by atoms with Gasteiger partial charge in [0.15, 0.2) is 0 Å². The number of hydrogen-bond acceptors (Lipinski definition) is 3. The van der Waals surface area contributed by atoms with Crippen LogP contribution >= 0.6 is 0 Å². The zero-order valence-electron chi connectivity index (χ0n) is 12.1. The van der Waals surface area contributed by atoms with Gasteiger partial charge in [0.2, 0.25) is 0 Å². The van der Waals surface area contributed by atoms with Crippen molar-refractivity contribution in [3.63, 3.8) is 0 Å². The van der Waals surface area contributed by atoms with E-state index in [1.807, 2.05) is 24.3 Å². The van der Waals surface area contributed by atoms with Gasteiger partial charge in [-0.3, -0.25) is 0 Å². The molecule has 0 aromatic heterocycles. The first kappa shape index (κ1) is 14.9. The molecule has 2 rings (SSSR count). The summed E-state index contributed by atoms with van der Waals surface area (Å²) in [6.45, 7) is 1.65. The first-order chi connectivity index (χ1) is 10.2. The zero-order chi connectivity index (χ0) is 15.1. The lowest BCUT2D eigenvalue weighted by Gasteiger charge is -2.19. The van der Waals surface area contributed by atoms with Crippen molar-refractivity contribution in [3.8, 4) is 0 Å². The van der Waals surface area contributed by atoms with E-state index in [1.165, 1.54) is 5.69 Å². The highest BCUT2D eigenvalue weighted by Crippen LogP contribution is 2.15. The Hall–Kier alpha value is -2.49. The highest BCUT2D eigenvalue weighted by molar-refractivity contribution is 5.94. The minimum atomic E-state index is -0.903. The Morgan fingerprint density at radius 2 is 1.76 bits per heavy atom. The molecule has 0 aliphatic heterocycles. The zero-order valence-corrected chi connectivity index (χ0v) is 12.1. The number of anilines is 2. The summed E-state index contributed by atoms with van der Waals surface area (Å²) in [6, 6.07) is 17.2. The maximum absolute atomic E-state index is 11.1. The van der Waals surface area contributed by atoms with Crippen LogP contribution in [0, 0.1) is 0 Å². The summed E-state index contributed by atoms with van der Waals surface area (Å²) in [7, 11) is 2.06. The fourth-order valence-electron chi connectivity index (χ4n) is 2.17. The molecule has 0 aliphatic rings. The van der Waals surface area contributed by atoms with Crippen LogP contribution in [0.5, 0.6) is 0 Å². The average molecular weight is 284 g/mol. The minimum Gasteiger partial charge on any atom is -0.478 e. The van der Waals surface area contributed by atoms with Crippen molar-refractivity contribution in [2.75, 3.05) is 30.4 Å². The Morgan fingerprint density at radius 1 is 1.10 bits per heavy atom. The second-order valence-corrected chi connectivity index (χ2v) is 4.89. The van der Waals surface area contributed by atoms with Gasteiger partial charge in [0.25, 0.3) is 0 Å². The van der Waals surface area contributed by atoms with E-state index in [4.69, 9.17) is 5.11 Å². The molecule has 4 heteroatoms. The van der Waals surface area contributed by atoms with E-state index in [0.717, 1.165) is 19.5 Å². The summed E-state index contributed by atoms with van der Waals surface area (Å²) in [6.07, 6.45) is 0.930. The molecular weight excluding hydrogens is 264 g/mol. The maximum atomic E-state index is 11.1. The molecule has 0 atom stereocenters. The molecule has 0 fully saturated rings. The van der Waals surface area contributed by atoms with Crippen molar-refractivity contribution < 1.29 is 9.90 Å². The molecule has 0 saturated carbocycles. The Balaban J connectivity index is 1.81. The molecule has 2 N–H and O–H groups in total. The van der Waals surface area contributed by atoms with Gasteiger partial charge in [-0.05, 0) is 30.7 Å². The molecule has 0 amide bonds. The van der Waals surface area contributed by atoms with Crippen LogP contribution in [0.15, 0.2) is 54.6 Å². The molecule has 0 radical (unpaired) electrons. The number of aromatic carboxylic acids is 1. The SMILES string of the molecule is CN(CCCNc1ccccc1C(=O)O)c1ccccc1. The molecule has 21 heavy (non-hydrogen) atoms. The molecule has 0 saturated heterocycles. The number of nitrogens with zero attached hydrogens (tertiary/aromatic N) is 1. The number of carboxylic acids is 1. The molecule has 0 heterocycles. The van der Waals surface area contributed by atoms with Crippen LogP contribution in [-0.4, -0.2) is 31.2 Å². The first-order valence-corrected chi connectivity index (χ1v) is 7.01. The number of carboxylic acid groups (broad SMARTS) is 1. The van der Waals surface area contributed by atoms with Gasteiger partial charge in [-0.25, -0.2) is 4.79 Å². The Morgan fingerprint density at radius 3 is 2.48 bits per heavy atom. The van der Waals surface area contributed by atoms with E-state index in [-0.39, 0.29) is 0 Å². The minimum absolute atomic E-state index is 0.314. The van der Waals surface area contributed by atoms with E-state index in [2.05, 4.69) is 29.4 Å². The highest BCUT2D eigenvalue weighted by Gasteiger charge is 2.08. The third-order valence-corrected chi connectivity index (χ3v) is 3.34. The third-order valence-electron chi connectivity index (χ3n) is 3.34.